The van der Waals surface area contributed by atoms with Gasteiger partial charge in [0.1, 0.15) is 0 Å². The second-order valence-electron chi connectivity index (χ2n) is 9.12. The number of aromatic nitrogens is 1. The maximum Gasteiger partial charge on any atom is 0.255 e. The van der Waals surface area contributed by atoms with Crippen LogP contribution in [0.1, 0.15) is 32.7 Å². The highest BCUT2D eigenvalue weighted by Gasteiger charge is 2.31. The number of hydrogen-bond acceptors (Lipinski definition) is 4. The maximum absolute atomic E-state index is 13.3. The third-order valence-corrected chi connectivity index (χ3v) is 7.90. The summed E-state index contributed by atoms with van der Waals surface area (Å²) in [6.07, 6.45) is 0.487. The van der Waals surface area contributed by atoms with E-state index >= 15 is 0 Å². The monoisotopic (exact) mass is 496 g/mol. The summed E-state index contributed by atoms with van der Waals surface area (Å²) in [5.41, 5.74) is 4.90. The number of benzene rings is 2. The number of piperazine rings is 1. The fourth-order valence-corrected chi connectivity index (χ4v) is 5.48. The Bertz CT molecular complexity index is 1310. The summed E-state index contributed by atoms with van der Waals surface area (Å²) in [6, 6.07) is 12.1. The van der Waals surface area contributed by atoms with Gasteiger partial charge < -0.3 is 14.2 Å². The number of aryl methyl sites for hydroxylation is 2. The molecule has 34 heavy (non-hydrogen) atoms. The second-order valence-corrected chi connectivity index (χ2v) is 9.90. The normalized spacial score (nSPS) is 17.1. The minimum Gasteiger partial charge on any atom is -0.378 e. The molecule has 0 aliphatic carbocycles. The third-order valence-electron chi connectivity index (χ3n) is 7.11. The minimum absolute atomic E-state index is 0.0565. The molecule has 0 N–H and O–H groups in total. The van der Waals surface area contributed by atoms with Gasteiger partial charge in [-0.15, -0.1) is 0 Å². The summed E-state index contributed by atoms with van der Waals surface area (Å²) >= 11 is 13.4. The molecule has 2 saturated heterocycles. The van der Waals surface area contributed by atoms with Crippen molar-refractivity contribution < 1.29 is 9.53 Å². The summed E-state index contributed by atoms with van der Waals surface area (Å²) in [4.78, 5) is 17.6. The summed E-state index contributed by atoms with van der Waals surface area (Å²) in [5.74, 6) is -0.0565. The highest BCUT2D eigenvalue weighted by molar-refractivity contribution is 6.38. The van der Waals surface area contributed by atoms with Gasteiger partial charge in [0.25, 0.3) is 5.91 Å². The van der Waals surface area contributed by atoms with Crippen molar-refractivity contribution in [1.82, 2.24) is 14.4 Å². The van der Waals surface area contributed by atoms with E-state index in [2.05, 4.69) is 21.6 Å². The van der Waals surface area contributed by atoms with Crippen LogP contribution >= 0.6 is 23.2 Å². The van der Waals surface area contributed by atoms with Crippen LogP contribution in [0.2, 0.25) is 10.0 Å². The van der Waals surface area contributed by atoms with Crippen molar-refractivity contribution in [1.29, 1.82) is 5.26 Å². The molecule has 1 amide bonds. The Morgan fingerprint density at radius 1 is 1.15 bits per heavy atom. The van der Waals surface area contributed by atoms with Gasteiger partial charge in [0, 0.05) is 61.3 Å². The molecule has 6 nitrogen and oxygen atoms in total. The van der Waals surface area contributed by atoms with Crippen molar-refractivity contribution >= 4 is 40.0 Å². The Balaban J connectivity index is 1.41. The lowest BCUT2D eigenvalue weighted by Crippen LogP contribution is -2.57. The van der Waals surface area contributed by atoms with E-state index in [1.165, 1.54) is 0 Å². The molecule has 3 heterocycles. The number of fused-ring (bicyclic) bond motifs is 1. The first-order valence-corrected chi connectivity index (χ1v) is 12.2. The van der Waals surface area contributed by atoms with Crippen LogP contribution < -0.4 is 0 Å². The van der Waals surface area contributed by atoms with Crippen LogP contribution in [0.5, 0.6) is 0 Å². The molecule has 2 fully saturated rings. The van der Waals surface area contributed by atoms with Gasteiger partial charge in [-0.05, 0) is 48.4 Å². The van der Waals surface area contributed by atoms with E-state index in [-0.39, 0.29) is 5.91 Å². The Morgan fingerprint density at radius 2 is 1.88 bits per heavy atom. The molecule has 1 aromatic heterocycles. The van der Waals surface area contributed by atoms with Crippen LogP contribution in [0.15, 0.2) is 30.3 Å². The standard InChI is InChI=1S/C26H26Cl2N4O2/c1-16-9-17(13-29)10-24-21(16)11-18(30(24)2)12-22-23(27)4-3-20(25(22)28)26(33)32-7-5-31(6-8-32)19-14-34-15-19/h3-4,9-11,19H,5-8,12,14-15H2,1-2H3. The first-order chi connectivity index (χ1) is 16.4. The van der Waals surface area contributed by atoms with E-state index in [0.717, 1.165) is 54.0 Å². The SMILES string of the molecule is Cc1cc(C#N)cc2c1cc(Cc1c(Cl)ccc(C(=O)N3CCN(C4COC4)CC3)c1Cl)n2C. The molecule has 0 spiro atoms. The lowest BCUT2D eigenvalue weighted by molar-refractivity contribution is -0.0746. The smallest absolute Gasteiger partial charge is 0.255 e. The van der Waals surface area contributed by atoms with E-state index in [1.807, 2.05) is 31.0 Å². The minimum atomic E-state index is -0.0565. The number of nitriles is 1. The highest BCUT2D eigenvalue weighted by atomic mass is 35.5. The summed E-state index contributed by atoms with van der Waals surface area (Å²) in [7, 11) is 1.97. The first-order valence-electron chi connectivity index (χ1n) is 11.4. The number of halogens is 2. The zero-order chi connectivity index (χ0) is 24.0. The molecule has 0 unspecified atom stereocenters. The number of carbonyl (C=O) groups is 1. The Hall–Kier alpha value is -2.56. The van der Waals surface area contributed by atoms with E-state index < -0.39 is 0 Å². The van der Waals surface area contributed by atoms with Crippen LogP contribution in [0.3, 0.4) is 0 Å². The fourth-order valence-electron chi connectivity index (χ4n) is 4.90. The number of amides is 1. The molecule has 2 aromatic carbocycles. The van der Waals surface area contributed by atoms with Crippen molar-refractivity contribution in [3.63, 3.8) is 0 Å². The number of ether oxygens (including phenoxy) is 1. The van der Waals surface area contributed by atoms with E-state index in [9.17, 15) is 10.1 Å². The average Bonchev–Trinajstić information content (AvgIpc) is 3.11. The van der Waals surface area contributed by atoms with Gasteiger partial charge >= 0.3 is 0 Å². The molecule has 5 rings (SSSR count). The molecule has 0 atom stereocenters. The Kier molecular flexibility index (Phi) is 6.30. The van der Waals surface area contributed by atoms with E-state index in [1.54, 1.807) is 12.1 Å². The predicted molar refractivity (Wildman–Crippen MR) is 134 cm³/mol. The highest BCUT2D eigenvalue weighted by Crippen LogP contribution is 2.33. The van der Waals surface area contributed by atoms with Crippen molar-refractivity contribution in [2.24, 2.45) is 7.05 Å². The summed E-state index contributed by atoms with van der Waals surface area (Å²) in [6.45, 7) is 6.61. The van der Waals surface area contributed by atoms with Crippen molar-refractivity contribution in [3.8, 4) is 6.07 Å². The van der Waals surface area contributed by atoms with Gasteiger partial charge in [0.2, 0.25) is 0 Å². The number of carbonyl (C=O) groups excluding carboxylic acids is 1. The summed E-state index contributed by atoms with van der Waals surface area (Å²) in [5, 5.41) is 11.4. The van der Waals surface area contributed by atoms with Gasteiger partial charge in [0.15, 0.2) is 0 Å². The molecular formula is C26H26Cl2N4O2. The largest absolute Gasteiger partial charge is 0.378 e. The van der Waals surface area contributed by atoms with Crippen LogP contribution in [-0.4, -0.2) is 65.7 Å². The zero-order valence-electron chi connectivity index (χ0n) is 19.3. The van der Waals surface area contributed by atoms with Gasteiger partial charge in [-0.3, -0.25) is 9.69 Å². The molecule has 0 bridgehead atoms. The Morgan fingerprint density at radius 3 is 2.53 bits per heavy atom. The lowest BCUT2D eigenvalue weighted by atomic mass is 10.0. The zero-order valence-corrected chi connectivity index (χ0v) is 20.8. The molecule has 3 aromatic rings. The lowest BCUT2D eigenvalue weighted by Gasteiger charge is -2.42. The van der Waals surface area contributed by atoms with Gasteiger partial charge in [-0.2, -0.15) is 5.26 Å². The summed E-state index contributed by atoms with van der Waals surface area (Å²) < 4.78 is 7.36. The van der Waals surface area contributed by atoms with E-state index in [4.69, 9.17) is 27.9 Å². The molecule has 0 radical (unpaired) electrons. The van der Waals surface area contributed by atoms with Crippen LogP contribution in [0.4, 0.5) is 0 Å². The van der Waals surface area contributed by atoms with Crippen molar-refractivity contribution in [2.45, 2.75) is 19.4 Å². The van der Waals surface area contributed by atoms with Crippen LogP contribution in [-0.2, 0) is 18.2 Å². The van der Waals surface area contributed by atoms with Crippen LogP contribution in [0, 0.1) is 18.3 Å². The fraction of sp³-hybridized carbons (Fsp3) is 0.385. The molecule has 2 aliphatic heterocycles. The average molecular weight is 497 g/mol. The van der Waals surface area contributed by atoms with Gasteiger partial charge in [-0.25, -0.2) is 0 Å². The predicted octanol–water partition coefficient (Wildman–Crippen LogP) is 4.41. The molecule has 176 valence electrons. The topological polar surface area (TPSA) is 61.5 Å². The Labute approximate surface area is 209 Å². The quantitative estimate of drug-likeness (QED) is 0.536. The number of hydrogen-bond donors (Lipinski definition) is 0. The van der Waals surface area contributed by atoms with Gasteiger partial charge in [-0.1, -0.05) is 23.2 Å². The van der Waals surface area contributed by atoms with E-state index in [0.29, 0.717) is 46.7 Å². The third kappa shape index (κ3) is 4.08. The first kappa shape index (κ1) is 23.2. The second kappa shape index (κ2) is 9.24. The molecule has 2 aliphatic rings. The number of rotatable bonds is 4. The van der Waals surface area contributed by atoms with Crippen molar-refractivity contribution in [3.05, 3.63) is 68.3 Å². The number of nitrogens with zero attached hydrogens (tertiary/aromatic N) is 4. The van der Waals surface area contributed by atoms with Gasteiger partial charge in [0.05, 0.1) is 41.5 Å². The molecular weight excluding hydrogens is 471 g/mol. The molecule has 0 saturated carbocycles. The molecule has 8 heteroatoms. The van der Waals surface area contributed by atoms with Crippen molar-refractivity contribution in [2.75, 3.05) is 39.4 Å². The maximum atomic E-state index is 13.3. The van der Waals surface area contributed by atoms with Crippen LogP contribution in [0.25, 0.3) is 10.9 Å².